The molecule has 0 saturated heterocycles. The topological polar surface area (TPSA) is 43.8 Å². The zero-order valence-electron chi connectivity index (χ0n) is 12.2. The Bertz CT molecular complexity index is 390. The Labute approximate surface area is 111 Å². The first-order chi connectivity index (χ1) is 8.47. The smallest absolute Gasteiger partial charge is 0.0640 e. The van der Waals surface area contributed by atoms with Gasteiger partial charge in [-0.3, -0.25) is 4.68 Å². The molecule has 0 amide bonds. The van der Waals surface area contributed by atoms with Crippen LogP contribution in [0.2, 0.25) is 0 Å². The largest absolute Gasteiger partial charge is 0.327 e. The molecule has 1 aromatic heterocycles. The van der Waals surface area contributed by atoms with Crippen molar-refractivity contribution in [2.75, 3.05) is 0 Å². The van der Waals surface area contributed by atoms with E-state index in [0.29, 0.717) is 17.4 Å². The Morgan fingerprint density at radius 1 is 1.44 bits per heavy atom. The van der Waals surface area contributed by atoms with Crippen molar-refractivity contribution in [1.29, 1.82) is 0 Å². The average Bonchev–Trinajstić information content (AvgIpc) is 2.73. The second-order valence-corrected chi connectivity index (χ2v) is 6.42. The van der Waals surface area contributed by atoms with Gasteiger partial charge in [0, 0.05) is 18.7 Å². The monoisotopic (exact) mass is 249 g/mol. The molecule has 0 aromatic carbocycles. The Kier molecular flexibility index (Phi) is 3.81. The summed E-state index contributed by atoms with van der Waals surface area (Å²) in [6, 6.07) is 2.94. The summed E-state index contributed by atoms with van der Waals surface area (Å²) in [5.41, 5.74) is 7.89. The van der Waals surface area contributed by atoms with Crippen LogP contribution in [0.15, 0.2) is 12.3 Å². The summed E-state index contributed by atoms with van der Waals surface area (Å²) < 4.78 is 2.11. The number of hydrogen-bond donors (Lipinski definition) is 1. The highest BCUT2D eigenvalue weighted by Crippen LogP contribution is 2.53. The minimum Gasteiger partial charge on any atom is -0.327 e. The van der Waals surface area contributed by atoms with Crippen molar-refractivity contribution in [2.24, 2.45) is 17.1 Å². The van der Waals surface area contributed by atoms with Crippen molar-refractivity contribution in [3.63, 3.8) is 0 Å². The zero-order chi connectivity index (χ0) is 13.3. The van der Waals surface area contributed by atoms with Crippen LogP contribution in [0.4, 0.5) is 0 Å². The molecule has 1 aliphatic carbocycles. The van der Waals surface area contributed by atoms with Gasteiger partial charge >= 0.3 is 0 Å². The number of hydrogen-bond acceptors (Lipinski definition) is 2. The Balaban J connectivity index is 1.94. The Morgan fingerprint density at radius 3 is 2.56 bits per heavy atom. The molecule has 0 aliphatic heterocycles. The maximum atomic E-state index is 6.29. The summed E-state index contributed by atoms with van der Waals surface area (Å²) in [5, 5.41) is 4.69. The highest BCUT2D eigenvalue weighted by atomic mass is 15.3. The quantitative estimate of drug-likeness (QED) is 0.841. The van der Waals surface area contributed by atoms with Gasteiger partial charge in [0.05, 0.1) is 11.7 Å². The molecule has 2 atom stereocenters. The Hall–Kier alpha value is -0.830. The molecule has 0 spiro atoms. The molecule has 1 aliphatic rings. The summed E-state index contributed by atoms with van der Waals surface area (Å²) in [6.07, 6.45) is 6.57. The van der Waals surface area contributed by atoms with Gasteiger partial charge in [-0.05, 0) is 36.7 Å². The predicted molar refractivity (Wildman–Crippen MR) is 75.4 cm³/mol. The molecule has 2 N–H and O–H groups in total. The molecular weight excluding hydrogens is 222 g/mol. The molecule has 1 heterocycles. The van der Waals surface area contributed by atoms with Gasteiger partial charge in [-0.25, -0.2) is 0 Å². The molecule has 18 heavy (non-hydrogen) atoms. The lowest BCUT2D eigenvalue weighted by Gasteiger charge is -2.14. The van der Waals surface area contributed by atoms with Crippen molar-refractivity contribution in [3.8, 4) is 0 Å². The summed E-state index contributed by atoms with van der Waals surface area (Å²) >= 11 is 0. The minimum absolute atomic E-state index is 0.269. The second-order valence-electron chi connectivity index (χ2n) is 6.42. The minimum atomic E-state index is 0.269. The zero-order valence-corrected chi connectivity index (χ0v) is 12.2. The van der Waals surface area contributed by atoms with Crippen LogP contribution in [0.3, 0.4) is 0 Å². The van der Waals surface area contributed by atoms with Crippen molar-refractivity contribution in [1.82, 2.24) is 9.78 Å². The van der Waals surface area contributed by atoms with Gasteiger partial charge in [0.15, 0.2) is 0 Å². The van der Waals surface area contributed by atoms with E-state index in [0.717, 1.165) is 25.0 Å². The normalized spacial score (nSPS) is 23.3. The van der Waals surface area contributed by atoms with Gasteiger partial charge in [-0.1, -0.05) is 27.7 Å². The number of aromatic nitrogens is 2. The number of rotatable bonds is 6. The Morgan fingerprint density at radius 2 is 2.06 bits per heavy atom. The van der Waals surface area contributed by atoms with Crippen LogP contribution in [0.5, 0.6) is 0 Å². The first kappa shape index (κ1) is 13.6. The molecule has 2 unspecified atom stereocenters. The van der Waals surface area contributed by atoms with Gasteiger partial charge in [-0.2, -0.15) is 5.10 Å². The van der Waals surface area contributed by atoms with Crippen molar-refractivity contribution < 1.29 is 0 Å². The maximum Gasteiger partial charge on any atom is 0.0640 e. The van der Waals surface area contributed by atoms with Gasteiger partial charge in [-0.15, -0.1) is 0 Å². The van der Waals surface area contributed by atoms with Crippen LogP contribution in [0, 0.1) is 11.3 Å². The van der Waals surface area contributed by atoms with Gasteiger partial charge < -0.3 is 5.73 Å². The molecule has 0 radical (unpaired) electrons. The van der Waals surface area contributed by atoms with Gasteiger partial charge in [0.1, 0.15) is 0 Å². The van der Waals surface area contributed by atoms with E-state index in [2.05, 4.69) is 49.7 Å². The fourth-order valence-corrected chi connectivity index (χ4v) is 2.97. The lowest BCUT2D eigenvalue weighted by Crippen LogP contribution is -2.27. The SMILES string of the molecule is CCC(CC)n1ccc(CC(N)C2CC2(C)C)n1. The molecule has 3 nitrogen and oxygen atoms in total. The van der Waals surface area contributed by atoms with E-state index in [9.17, 15) is 0 Å². The van der Waals surface area contributed by atoms with E-state index < -0.39 is 0 Å². The fourth-order valence-electron chi connectivity index (χ4n) is 2.97. The molecule has 1 aromatic rings. The van der Waals surface area contributed by atoms with E-state index >= 15 is 0 Å². The van der Waals surface area contributed by atoms with Gasteiger partial charge in [0.25, 0.3) is 0 Å². The molecule has 102 valence electrons. The predicted octanol–water partition coefficient (Wildman–Crippen LogP) is 3.16. The van der Waals surface area contributed by atoms with E-state index in [4.69, 9.17) is 5.73 Å². The summed E-state index contributed by atoms with van der Waals surface area (Å²) in [4.78, 5) is 0. The van der Waals surface area contributed by atoms with E-state index in [1.54, 1.807) is 0 Å². The third-order valence-corrected chi connectivity index (χ3v) is 4.53. The molecule has 1 fully saturated rings. The van der Waals surface area contributed by atoms with E-state index in [1.807, 2.05) is 0 Å². The van der Waals surface area contributed by atoms with Crippen LogP contribution in [0.1, 0.15) is 58.7 Å². The molecule has 3 heteroatoms. The first-order valence-corrected chi connectivity index (χ1v) is 7.27. The standard InChI is InChI=1S/C15H27N3/c1-5-12(6-2)18-8-7-11(17-18)9-14(16)13-10-15(13,3)4/h7-8,12-14H,5-6,9-10,16H2,1-4H3. The number of nitrogens with zero attached hydrogens (tertiary/aromatic N) is 2. The van der Waals surface area contributed by atoms with Crippen LogP contribution in [-0.2, 0) is 6.42 Å². The summed E-state index contributed by atoms with van der Waals surface area (Å²) in [7, 11) is 0. The lowest BCUT2D eigenvalue weighted by molar-refractivity contribution is 0.420. The average molecular weight is 249 g/mol. The van der Waals surface area contributed by atoms with Crippen molar-refractivity contribution >= 4 is 0 Å². The maximum absolute atomic E-state index is 6.29. The van der Waals surface area contributed by atoms with Gasteiger partial charge in [0.2, 0.25) is 0 Å². The summed E-state index contributed by atoms with van der Waals surface area (Å²) in [6.45, 7) is 9.04. The molecule has 0 bridgehead atoms. The van der Waals surface area contributed by atoms with Crippen LogP contribution >= 0.6 is 0 Å². The third-order valence-electron chi connectivity index (χ3n) is 4.53. The van der Waals surface area contributed by atoms with Crippen LogP contribution in [-0.4, -0.2) is 15.8 Å². The number of nitrogens with two attached hydrogens (primary N) is 1. The highest BCUT2D eigenvalue weighted by molar-refractivity contribution is 5.08. The summed E-state index contributed by atoms with van der Waals surface area (Å²) in [5.74, 6) is 0.677. The fraction of sp³-hybridized carbons (Fsp3) is 0.800. The van der Waals surface area contributed by atoms with E-state index in [1.165, 1.54) is 6.42 Å². The van der Waals surface area contributed by atoms with Crippen molar-refractivity contribution in [3.05, 3.63) is 18.0 Å². The van der Waals surface area contributed by atoms with Crippen LogP contribution < -0.4 is 5.73 Å². The highest BCUT2D eigenvalue weighted by Gasteiger charge is 2.48. The third kappa shape index (κ3) is 2.77. The van der Waals surface area contributed by atoms with E-state index in [-0.39, 0.29) is 6.04 Å². The molecular formula is C15H27N3. The second kappa shape index (κ2) is 5.04. The van der Waals surface area contributed by atoms with Crippen LogP contribution in [0.25, 0.3) is 0 Å². The van der Waals surface area contributed by atoms with Crippen molar-refractivity contribution in [2.45, 2.75) is 65.5 Å². The first-order valence-electron chi connectivity index (χ1n) is 7.27. The molecule has 2 rings (SSSR count). The molecule has 1 saturated carbocycles. The lowest BCUT2D eigenvalue weighted by atomic mass is 10.0.